The third-order valence-corrected chi connectivity index (χ3v) is 4.89. The van der Waals surface area contributed by atoms with Crippen molar-refractivity contribution < 1.29 is 14.7 Å². The van der Waals surface area contributed by atoms with Gasteiger partial charge < -0.3 is 5.11 Å². The Kier molecular flexibility index (Phi) is 3.41. The zero-order valence-electron chi connectivity index (χ0n) is 12.7. The number of carboxylic acid groups (broad SMARTS) is 1. The lowest BCUT2D eigenvalue weighted by Gasteiger charge is -2.24. The summed E-state index contributed by atoms with van der Waals surface area (Å²) in [5, 5.41) is 10.2. The van der Waals surface area contributed by atoms with E-state index < -0.39 is 17.8 Å². The molecule has 0 spiro atoms. The van der Waals surface area contributed by atoms with Crippen LogP contribution in [-0.4, -0.2) is 27.0 Å². The Labute approximate surface area is 137 Å². The highest BCUT2D eigenvalue weighted by molar-refractivity contribution is 5.91. The summed E-state index contributed by atoms with van der Waals surface area (Å²) in [7, 11) is 0. The number of carbonyl (C=O) groups excluding carboxylic acids is 1. The molecule has 2 aromatic rings. The van der Waals surface area contributed by atoms with Crippen LogP contribution >= 0.6 is 0 Å². The number of para-hydroxylation sites is 1. The molecular formula is C17H16N4O3. The summed E-state index contributed by atoms with van der Waals surface area (Å²) < 4.78 is 0. The Bertz CT molecular complexity index is 845. The normalized spacial score (nSPS) is 27.3. The lowest BCUT2D eigenvalue weighted by molar-refractivity contribution is -0.147. The predicted octanol–water partition coefficient (Wildman–Crippen LogP) is 1.60. The largest absolute Gasteiger partial charge is 0.481 e. The quantitative estimate of drug-likeness (QED) is 0.583. The highest BCUT2D eigenvalue weighted by Gasteiger charge is 2.51. The van der Waals surface area contributed by atoms with E-state index in [0.717, 1.165) is 17.3 Å². The number of benzene rings is 1. The van der Waals surface area contributed by atoms with Crippen molar-refractivity contribution in [2.24, 2.45) is 23.7 Å². The topological polar surface area (TPSA) is 104 Å². The van der Waals surface area contributed by atoms with Crippen molar-refractivity contribution >= 4 is 28.6 Å². The van der Waals surface area contributed by atoms with Crippen molar-refractivity contribution in [3.63, 3.8) is 0 Å². The number of hydrazine groups is 1. The summed E-state index contributed by atoms with van der Waals surface area (Å²) in [6.45, 7) is 0. The smallest absolute Gasteiger partial charge is 0.307 e. The molecule has 24 heavy (non-hydrogen) atoms. The molecule has 7 heteroatoms. The molecule has 3 N–H and O–H groups in total. The van der Waals surface area contributed by atoms with Gasteiger partial charge in [0.25, 0.3) is 0 Å². The Morgan fingerprint density at radius 2 is 1.83 bits per heavy atom. The minimum absolute atomic E-state index is 0.0138. The maximum Gasteiger partial charge on any atom is 0.307 e. The summed E-state index contributed by atoms with van der Waals surface area (Å²) in [6.07, 6.45) is 6.01. The molecule has 2 bridgehead atoms. The SMILES string of the molecule is O=C(O)[C@@H]1[C@H](C(=O)NNc2ncnc3ccccc23)[C@H]2C=C[C@H]1C2. The third kappa shape index (κ3) is 2.29. The summed E-state index contributed by atoms with van der Waals surface area (Å²) >= 11 is 0. The number of amides is 1. The van der Waals surface area contributed by atoms with Crippen molar-refractivity contribution in [3.8, 4) is 0 Å². The van der Waals surface area contributed by atoms with Gasteiger partial charge in [-0.25, -0.2) is 9.97 Å². The number of rotatable bonds is 4. The number of fused-ring (bicyclic) bond motifs is 3. The molecule has 4 rings (SSSR count). The molecule has 1 heterocycles. The molecule has 0 unspecified atom stereocenters. The summed E-state index contributed by atoms with van der Waals surface area (Å²) in [6, 6.07) is 7.44. The molecule has 1 saturated carbocycles. The fraction of sp³-hybridized carbons (Fsp3) is 0.294. The number of nitrogens with zero attached hydrogens (tertiary/aromatic N) is 2. The maximum atomic E-state index is 12.5. The van der Waals surface area contributed by atoms with Gasteiger partial charge in [-0.05, 0) is 30.4 Å². The molecule has 7 nitrogen and oxygen atoms in total. The molecule has 4 atom stereocenters. The van der Waals surface area contributed by atoms with E-state index in [-0.39, 0.29) is 17.7 Å². The first kappa shape index (κ1) is 14.6. The van der Waals surface area contributed by atoms with Crippen LogP contribution < -0.4 is 10.9 Å². The molecule has 1 fully saturated rings. The number of anilines is 1. The van der Waals surface area contributed by atoms with E-state index in [9.17, 15) is 14.7 Å². The number of carbonyl (C=O) groups is 2. The van der Waals surface area contributed by atoms with Crippen LogP contribution in [0.25, 0.3) is 10.9 Å². The molecule has 1 amide bonds. The highest BCUT2D eigenvalue weighted by atomic mass is 16.4. The van der Waals surface area contributed by atoms with Gasteiger partial charge in [0, 0.05) is 5.39 Å². The van der Waals surface area contributed by atoms with Gasteiger partial charge in [0.05, 0.1) is 17.4 Å². The van der Waals surface area contributed by atoms with Crippen LogP contribution in [0.3, 0.4) is 0 Å². The second-order valence-electron chi connectivity index (χ2n) is 6.19. The van der Waals surface area contributed by atoms with Crippen molar-refractivity contribution in [1.82, 2.24) is 15.4 Å². The number of hydrogen-bond donors (Lipinski definition) is 3. The number of allylic oxidation sites excluding steroid dienone is 2. The minimum Gasteiger partial charge on any atom is -0.481 e. The van der Waals surface area contributed by atoms with E-state index in [4.69, 9.17) is 0 Å². The third-order valence-electron chi connectivity index (χ3n) is 4.89. The summed E-state index contributed by atoms with van der Waals surface area (Å²) in [4.78, 5) is 32.3. The molecule has 0 aliphatic heterocycles. The van der Waals surface area contributed by atoms with Gasteiger partial charge in [0.15, 0.2) is 5.82 Å². The van der Waals surface area contributed by atoms with Crippen molar-refractivity contribution in [2.45, 2.75) is 6.42 Å². The summed E-state index contributed by atoms with van der Waals surface area (Å²) in [5.41, 5.74) is 6.20. The zero-order chi connectivity index (χ0) is 16.7. The van der Waals surface area contributed by atoms with E-state index in [0.29, 0.717) is 5.82 Å². The summed E-state index contributed by atoms with van der Waals surface area (Å²) in [5.74, 6) is -2.04. The monoisotopic (exact) mass is 324 g/mol. The van der Waals surface area contributed by atoms with Gasteiger partial charge in [0.2, 0.25) is 5.91 Å². The average molecular weight is 324 g/mol. The number of carboxylic acids is 1. The van der Waals surface area contributed by atoms with E-state index in [2.05, 4.69) is 20.8 Å². The molecule has 1 aromatic carbocycles. The first-order chi connectivity index (χ1) is 11.6. The number of nitrogens with one attached hydrogen (secondary N) is 2. The van der Waals surface area contributed by atoms with E-state index in [1.54, 1.807) is 0 Å². The van der Waals surface area contributed by atoms with Gasteiger partial charge >= 0.3 is 5.97 Å². The Morgan fingerprint density at radius 3 is 2.62 bits per heavy atom. The van der Waals surface area contributed by atoms with Crippen molar-refractivity contribution in [3.05, 3.63) is 42.7 Å². The Balaban J connectivity index is 1.52. The number of aliphatic carboxylic acids is 1. The fourth-order valence-electron chi connectivity index (χ4n) is 3.82. The van der Waals surface area contributed by atoms with Gasteiger partial charge in [-0.2, -0.15) is 0 Å². The standard InChI is InChI=1S/C17H16N4O3/c22-16(13-9-5-6-10(7-9)14(13)17(23)24)21-20-15-11-3-1-2-4-12(11)18-8-19-15/h1-6,8-10,13-14H,7H2,(H,21,22)(H,23,24)(H,18,19,20)/t9-,10-,13+,14-/m0/s1. The number of hydrogen-bond acceptors (Lipinski definition) is 5. The van der Waals surface area contributed by atoms with Crippen LogP contribution in [0.1, 0.15) is 6.42 Å². The lowest BCUT2D eigenvalue weighted by atomic mass is 9.82. The van der Waals surface area contributed by atoms with E-state index >= 15 is 0 Å². The Morgan fingerprint density at radius 1 is 1.08 bits per heavy atom. The Hall–Kier alpha value is -2.96. The van der Waals surface area contributed by atoms with Crippen molar-refractivity contribution in [1.29, 1.82) is 0 Å². The first-order valence-electron chi connectivity index (χ1n) is 7.82. The van der Waals surface area contributed by atoms with Crippen LogP contribution in [-0.2, 0) is 9.59 Å². The molecule has 0 saturated heterocycles. The second kappa shape index (κ2) is 5.59. The minimum atomic E-state index is -0.917. The molecule has 2 aliphatic carbocycles. The van der Waals surface area contributed by atoms with Gasteiger partial charge in [-0.15, -0.1) is 0 Å². The molecule has 122 valence electrons. The highest BCUT2D eigenvalue weighted by Crippen LogP contribution is 2.48. The average Bonchev–Trinajstić information content (AvgIpc) is 3.20. The molecule has 0 radical (unpaired) electrons. The predicted molar refractivity (Wildman–Crippen MR) is 86.7 cm³/mol. The van der Waals surface area contributed by atoms with E-state index in [1.165, 1.54) is 6.33 Å². The van der Waals surface area contributed by atoms with E-state index in [1.807, 2.05) is 36.4 Å². The second-order valence-corrected chi connectivity index (χ2v) is 6.19. The van der Waals surface area contributed by atoms with Crippen LogP contribution in [0.4, 0.5) is 5.82 Å². The van der Waals surface area contributed by atoms with Gasteiger partial charge in [-0.1, -0.05) is 24.3 Å². The van der Waals surface area contributed by atoms with Gasteiger partial charge in [0.1, 0.15) is 6.33 Å². The van der Waals surface area contributed by atoms with Gasteiger partial charge in [-0.3, -0.25) is 20.4 Å². The van der Waals surface area contributed by atoms with Crippen LogP contribution in [0.15, 0.2) is 42.7 Å². The van der Waals surface area contributed by atoms with Crippen LogP contribution in [0, 0.1) is 23.7 Å². The fourth-order valence-corrected chi connectivity index (χ4v) is 3.82. The molecule has 1 aromatic heterocycles. The van der Waals surface area contributed by atoms with Crippen molar-refractivity contribution in [2.75, 3.05) is 5.43 Å². The maximum absolute atomic E-state index is 12.5. The molecule has 2 aliphatic rings. The lowest BCUT2D eigenvalue weighted by Crippen LogP contribution is -2.42. The first-order valence-corrected chi connectivity index (χ1v) is 7.82. The molecular weight excluding hydrogens is 308 g/mol. The zero-order valence-corrected chi connectivity index (χ0v) is 12.7. The van der Waals surface area contributed by atoms with Crippen LogP contribution in [0.5, 0.6) is 0 Å². The van der Waals surface area contributed by atoms with Crippen LogP contribution in [0.2, 0.25) is 0 Å². The number of aromatic nitrogens is 2.